The molecule has 106 valence electrons. The molecule has 19 heavy (non-hydrogen) atoms. The van der Waals surface area contributed by atoms with Gasteiger partial charge >= 0.3 is 5.97 Å². The molecule has 0 N–H and O–H groups in total. The Morgan fingerprint density at radius 2 is 2.05 bits per heavy atom. The molecule has 0 fully saturated rings. The molecule has 0 bridgehead atoms. The largest absolute Gasteiger partial charge is 0.499 e. The number of rotatable bonds is 3. The van der Waals surface area contributed by atoms with E-state index in [0.717, 1.165) is 0 Å². The lowest BCUT2D eigenvalue weighted by Gasteiger charge is -2.31. The first-order valence-electron chi connectivity index (χ1n) is 6.49. The molecule has 0 aromatic carbocycles. The van der Waals surface area contributed by atoms with Crippen LogP contribution < -0.4 is 0 Å². The number of nitrogens with zero attached hydrogens (tertiary/aromatic N) is 1. The lowest BCUT2D eigenvalue weighted by Crippen LogP contribution is -2.43. The molecule has 1 rings (SSSR count). The second-order valence-electron chi connectivity index (χ2n) is 6.01. The van der Waals surface area contributed by atoms with E-state index in [-0.39, 0.29) is 12.0 Å². The van der Waals surface area contributed by atoms with E-state index in [9.17, 15) is 4.79 Å². The quantitative estimate of drug-likeness (QED) is 0.587. The molecular formula is C14H23NO3Si. The highest BCUT2D eigenvalue weighted by Crippen LogP contribution is 2.17. The van der Waals surface area contributed by atoms with E-state index in [1.165, 1.54) is 6.08 Å². The molecular weight excluding hydrogens is 258 g/mol. The fourth-order valence-corrected chi connectivity index (χ4v) is 2.23. The molecule has 0 amide bonds. The summed E-state index contributed by atoms with van der Waals surface area (Å²) < 4.78 is 5.15. The summed E-state index contributed by atoms with van der Waals surface area (Å²) in [6.45, 7) is 11.2. The van der Waals surface area contributed by atoms with Gasteiger partial charge in [-0.15, -0.1) is 10.6 Å². The van der Waals surface area contributed by atoms with Crippen molar-refractivity contribution in [2.75, 3.05) is 13.7 Å². The van der Waals surface area contributed by atoms with Gasteiger partial charge in [0, 0.05) is 0 Å². The van der Waals surface area contributed by atoms with Gasteiger partial charge in [-0.25, -0.2) is 4.79 Å². The van der Waals surface area contributed by atoms with Crippen molar-refractivity contribution in [2.45, 2.75) is 39.5 Å². The van der Waals surface area contributed by atoms with Crippen LogP contribution in [0.3, 0.4) is 0 Å². The summed E-state index contributed by atoms with van der Waals surface area (Å²) in [6, 6.07) is -0.102. The van der Waals surface area contributed by atoms with Crippen LogP contribution in [0.1, 0.15) is 13.8 Å². The van der Waals surface area contributed by atoms with E-state index in [2.05, 4.69) is 45.0 Å². The van der Waals surface area contributed by atoms with Crippen molar-refractivity contribution in [3.8, 4) is 11.5 Å². The molecule has 1 aliphatic heterocycles. The van der Waals surface area contributed by atoms with Crippen LogP contribution in [-0.2, 0) is 14.4 Å². The van der Waals surface area contributed by atoms with Crippen molar-refractivity contribution in [1.29, 1.82) is 0 Å². The zero-order valence-electron chi connectivity index (χ0n) is 12.6. The topological polar surface area (TPSA) is 38.8 Å². The molecule has 0 aromatic heterocycles. The maximum Gasteiger partial charge on any atom is 0.353 e. The van der Waals surface area contributed by atoms with Crippen molar-refractivity contribution >= 4 is 14.0 Å². The maximum atomic E-state index is 11.5. The van der Waals surface area contributed by atoms with Gasteiger partial charge in [-0.1, -0.05) is 39.4 Å². The van der Waals surface area contributed by atoms with Crippen molar-refractivity contribution in [3.63, 3.8) is 0 Å². The minimum Gasteiger partial charge on any atom is -0.499 e. The fraction of sp³-hybridized carbons (Fsp3) is 0.643. The van der Waals surface area contributed by atoms with Crippen LogP contribution in [0.25, 0.3) is 0 Å². The Bertz CT molecular complexity index is 426. The first kappa shape index (κ1) is 15.8. The van der Waals surface area contributed by atoms with Gasteiger partial charge in [0.15, 0.2) is 0 Å². The molecule has 1 heterocycles. The number of methoxy groups -OCH3 is 1. The van der Waals surface area contributed by atoms with Crippen molar-refractivity contribution in [1.82, 2.24) is 5.06 Å². The summed E-state index contributed by atoms with van der Waals surface area (Å²) >= 11 is 0. The molecule has 1 aliphatic rings. The van der Waals surface area contributed by atoms with Gasteiger partial charge in [0.05, 0.1) is 19.7 Å². The predicted octanol–water partition coefficient (Wildman–Crippen LogP) is 2.20. The lowest BCUT2D eigenvalue weighted by molar-refractivity contribution is -0.198. The number of hydroxylamine groups is 2. The maximum absolute atomic E-state index is 11.5. The third-order valence-electron chi connectivity index (χ3n) is 2.60. The first-order chi connectivity index (χ1) is 8.73. The normalized spacial score (nSPS) is 18.3. The van der Waals surface area contributed by atoms with Gasteiger partial charge < -0.3 is 9.57 Å². The first-order valence-corrected chi connectivity index (χ1v) is 9.99. The number of hydrogen-bond donors (Lipinski definition) is 0. The van der Waals surface area contributed by atoms with Gasteiger partial charge in [0.25, 0.3) is 0 Å². The number of hydrogen-bond acceptors (Lipinski definition) is 4. The van der Waals surface area contributed by atoms with E-state index in [4.69, 9.17) is 9.57 Å². The molecule has 5 heteroatoms. The molecule has 0 saturated carbocycles. The van der Waals surface area contributed by atoms with Crippen LogP contribution in [0.2, 0.25) is 19.6 Å². The molecule has 1 unspecified atom stereocenters. The van der Waals surface area contributed by atoms with E-state index >= 15 is 0 Å². The second-order valence-corrected chi connectivity index (χ2v) is 10.8. The highest BCUT2D eigenvalue weighted by molar-refractivity contribution is 6.83. The van der Waals surface area contributed by atoms with Crippen LogP contribution >= 0.6 is 0 Å². The summed E-state index contributed by atoms with van der Waals surface area (Å²) in [6.07, 6.45) is 1.37. The third kappa shape index (κ3) is 5.09. The van der Waals surface area contributed by atoms with Crippen molar-refractivity contribution < 1.29 is 14.4 Å². The zero-order chi connectivity index (χ0) is 14.6. The van der Waals surface area contributed by atoms with Gasteiger partial charge in [-0.05, 0) is 5.92 Å². The smallest absolute Gasteiger partial charge is 0.353 e. The average Bonchev–Trinajstić information content (AvgIpc) is 2.26. The second kappa shape index (κ2) is 6.26. The van der Waals surface area contributed by atoms with Gasteiger partial charge in [0.2, 0.25) is 0 Å². The van der Waals surface area contributed by atoms with Crippen LogP contribution in [0.4, 0.5) is 0 Å². The Morgan fingerprint density at radius 1 is 1.42 bits per heavy atom. The van der Waals surface area contributed by atoms with E-state index < -0.39 is 14.0 Å². The Morgan fingerprint density at radius 3 is 2.53 bits per heavy atom. The predicted molar refractivity (Wildman–Crippen MR) is 77.6 cm³/mol. The summed E-state index contributed by atoms with van der Waals surface area (Å²) in [7, 11) is 0.110. The number of carbonyl (C=O) groups excluding carboxylic acids is 1. The SMILES string of the molecule is COC1=CC(=O)ON(C(C#C[Si](C)(C)C)C(C)C)C1. The third-order valence-corrected chi connectivity index (χ3v) is 3.49. The summed E-state index contributed by atoms with van der Waals surface area (Å²) in [5.41, 5.74) is 3.34. The Labute approximate surface area is 116 Å². The van der Waals surface area contributed by atoms with Crippen molar-refractivity contribution in [3.05, 3.63) is 11.8 Å². The lowest BCUT2D eigenvalue weighted by atomic mass is 10.0. The standard InChI is InChI=1S/C14H23NO3Si/c1-11(2)13(7-8-19(4,5)6)15-10-12(17-3)9-14(16)18-15/h9,11,13H,10H2,1-6H3. The Kier molecular flexibility index (Phi) is 5.21. The number of carbonyl (C=O) groups is 1. The molecule has 0 radical (unpaired) electrons. The molecule has 0 saturated heterocycles. The van der Waals surface area contributed by atoms with Gasteiger partial charge in [-0.3, -0.25) is 0 Å². The minimum atomic E-state index is -1.45. The van der Waals surface area contributed by atoms with Gasteiger partial charge in [-0.2, -0.15) is 0 Å². The minimum absolute atomic E-state index is 0.102. The van der Waals surface area contributed by atoms with Crippen LogP contribution in [0, 0.1) is 17.4 Å². The average molecular weight is 281 g/mol. The van der Waals surface area contributed by atoms with E-state index in [1.54, 1.807) is 12.2 Å². The fourth-order valence-electron chi connectivity index (χ4n) is 1.65. The summed E-state index contributed by atoms with van der Waals surface area (Å²) in [5, 5.41) is 1.62. The van der Waals surface area contributed by atoms with Crippen LogP contribution in [-0.4, -0.2) is 38.8 Å². The Balaban J connectivity index is 2.92. The number of ether oxygens (including phenoxy) is 1. The van der Waals surface area contributed by atoms with Crippen molar-refractivity contribution in [2.24, 2.45) is 5.92 Å². The highest BCUT2D eigenvalue weighted by Gasteiger charge is 2.28. The van der Waals surface area contributed by atoms with Gasteiger partial charge in [0.1, 0.15) is 19.9 Å². The molecule has 0 aromatic rings. The molecule has 4 nitrogen and oxygen atoms in total. The monoisotopic (exact) mass is 281 g/mol. The van der Waals surface area contributed by atoms with E-state index in [1.807, 2.05) is 0 Å². The highest BCUT2D eigenvalue weighted by atomic mass is 28.3. The zero-order valence-corrected chi connectivity index (χ0v) is 13.6. The Hall–Kier alpha value is -1.25. The van der Waals surface area contributed by atoms with Crippen LogP contribution in [0.15, 0.2) is 11.8 Å². The van der Waals surface area contributed by atoms with E-state index in [0.29, 0.717) is 12.3 Å². The van der Waals surface area contributed by atoms with Crippen LogP contribution in [0.5, 0.6) is 0 Å². The summed E-state index contributed by atoms with van der Waals surface area (Å²) in [4.78, 5) is 16.8. The molecule has 1 atom stereocenters. The molecule has 0 aliphatic carbocycles. The summed E-state index contributed by atoms with van der Waals surface area (Å²) in [5.74, 6) is 3.75. The molecule has 0 spiro atoms.